The Morgan fingerprint density at radius 1 is 1.29 bits per heavy atom. The normalized spacial score (nSPS) is 11.5. The topological polar surface area (TPSA) is 29.1 Å². The quantitative estimate of drug-likeness (QED) is 0.638. The number of nitrogens with one attached hydrogen (secondary N) is 1. The molecule has 5 heteroatoms. The largest absolute Gasteiger partial charge is 0.417 e. The van der Waals surface area contributed by atoms with Crippen molar-refractivity contribution in [2.45, 2.75) is 19.5 Å². The molecular formula is C12H14F3NO. The maximum Gasteiger partial charge on any atom is 0.417 e. The van der Waals surface area contributed by atoms with Gasteiger partial charge in [0.25, 0.3) is 0 Å². The second-order valence-electron chi connectivity index (χ2n) is 3.57. The number of carbonyl (C=O) groups excluding carboxylic acids is 1. The first kappa shape index (κ1) is 13.7. The minimum absolute atomic E-state index is 0.0704. The molecule has 0 fully saturated rings. The molecule has 2 nitrogen and oxygen atoms in total. The van der Waals surface area contributed by atoms with Crippen LogP contribution in [0.2, 0.25) is 0 Å². The van der Waals surface area contributed by atoms with Crippen LogP contribution in [0.4, 0.5) is 13.2 Å². The molecule has 0 amide bonds. The third-order valence-corrected chi connectivity index (χ3v) is 2.31. The summed E-state index contributed by atoms with van der Waals surface area (Å²) in [6, 6.07) is 4.87. The molecule has 0 spiro atoms. The van der Waals surface area contributed by atoms with Crippen molar-refractivity contribution in [3.63, 3.8) is 0 Å². The lowest BCUT2D eigenvalue weighted by Crippen LogP contribution is -2.19. The van der Waals surface area contributed by atoms with E-state index in [9.17, 15) is 18.0 Å². The van der Waals surface area contributed by atoms with Gasteiger partial charge in [-0.25, -0.2) is 0 Å². The second-order valence-corrected chi connectivity index (χ2v) is 3.57. The Hall–Kier alpha value is -1.36. The summed E-state index contributed by atoms with van der Waals surface area (Å²) in [6.07, 6.45) is -4.41. The van der Waals surface area contributed by atoms with Crippen LogP contribution in [0.25, 0.3) is 0 Å². The zero-order chi connectivity index (χ0) is 12.9. The van der Waals surface area contributed by atoms with Gasteiger partial charge in [-0.15, -0.1) is 0 Å². The Balaban J connectivity index is 2.86. The van der Waals surface area contributed by atoms with Gasteiger partial charge in [0.05, 0.1) is 5.56 Å². The number of hydrogen-bond acceptors (Lipinski definition) is 2. The molecule has 0 unspecified atom stereocenters. The second kappa shape index (κ2) is 5.82. The molecule has 0 heterocycles. The molecule has 1 aromatic carbocycles. The number of Topliss-reactive ketones (excluding diaryl/α,β-unsaturated/α-hetero) is 1. The molecule has 0 aliphatic heterocycles. The maximum atomic E-state index is 12.6. The fraction of sp³-hybridized carbons (Fsp3) is 0.417. The number of benzene rings is 1. The van der Waals surface area contributed by atoms with Gasteiger partial charge < -0.3 is 5.32 Å². The highest BCUT2D eigenvalue weighted by atomic mass is 19.4. The first-order chi connectivity index (χ1) is 7.96. The number of halogens is 3. The molecule has 0 saturated carbocycles. The van der Waals surface area contributed by atoms with Crippen molar-refractivity contribution >= 4 is 5.78 Å². The fourth-order valence-corrected chi connectivity index (χ4v) is 1.49. The minimum Gasteiger partial charge on any atom is -0.317 e. The van der Waals surface area contributed by atoms with Crippen LogP contribution in [-0.4, -0.2) is 18.9 Å². The monoisotopic (exact) mass is 245 g/mol. The van der Waals surface area contributed by atoms with Crippen LogP contribution in [0.5, 0.6) is 0 Å². The van der Waals surface area contributed by atoms with E-state index in [0.717, 1.165) is 6.07 Å². The molecule has 0 saturated heterocycles. The molecule has 0 bridgehead atoms. The lowest BCUT2D eigenvalue weighted by molar-refractivity contribution is -0.137. The number of ketones is 1. The van der Waals surface area contributed by atoms with E-state index in [1.807, 2.05) is 6.92 Å². The summed E-state index contributed by atoms with van der Waals surface area (Å²) < 4.78 is 37.9. The first-order valence-electron chi connectivity index (χ1n) is 5.37. The number of alkyl halides is 3. The highest BCUT2D eigenvalue weighted by Gasteiger charge is 2.34. The Bertz CT molecular complexity index is 388. The van der Waals surface area contributed by atoms with Gasteiger partial charge in [0.15, 0.2) is 5.78 Å². The van der Waals surface area contributed by atoms with E-state index in [1.54, 1.807) is 0 Å². The van der Waals surface area contributed by atoms with Crippen LogP contribution in [0.15, 0.2) is 24.3 Å². The minimum atomic E-state index is -4.48. The Kier molecular flexibility index (Phi) is 4.69. The SMILES string of the molecule is CCNCCC(=O)c1ccccc1C(F)(F)F. The average Bonchev–Trinajstić information content (AvgIpc) is 2.28. The van der Waals surface area contributed by atoms with Crippen LogP contribution in [0.3, 0.4) is 0 Å². The number of hydrogen-bond donors (Lipinski definition) is 1. The summed E-state index contributed by atoms with van der Waals surface area (Å²) in [7, 11) is 0. The van der Waals surface area contributed by atoms with Crippen LogP contribution < -0.4 is 5.32 Å². The van der Waals surface area contributed by atoms with Crippen molar-refractivity contribution in [2.75, 3.05) is 13.1 Å². The number of carbonyl (C=O) groups is 1. The predicted molar refractivity (Wildman–Crippen MR) is 58.9 cm³/mol. The van der Waals surface area contributed by atoms with E-state index in [2.05, 4.69) is 5.32 Å². The lowest BCUT2D eigenvalue weighted by Gasteiger charge is -2.11. The Morgan fingerprint density at radius 3 is 2.53 bits per heavy atom. The molecule has 0 aromatic heterocycles. The van der Waals surface area contributed by atoms with Crippen molar-refractivity contribution in [2.24, 2.45) is 0 Å². The summed E-state index contributed by atoms with van der Waals surface area (Å²) in [6.45, 7) is 2.95. The van der Waals surface area contributed by atoms with Crippen molar-refractivity contribution in [3.8, 4) is 0 Å². The first-order valence-corrected chi connectivity index (χ1v) is 5.37. The summed E-state index contributed by atoms with van der Waals surface area (Å²) in [5.74, 6) is -0.487. The fourth-order valence-electron chi connectivity index (χ4n) is 1.49. The van der Waals surface area contributed by atoms with Crippen molar-refractivity contribution in [3.05, 3.63) is 35.4 Å². The molecule has 1 rings (SSSR count). The molecule has 0 radical (unpaired) electrons. The van der Waals surface area contributed by atoms with Crippen molar-refractivity contribution in [1.82, 2.24) is 5.32 Å². The van der Waals surface area contributed by atoms with Crippen LogP contribution in [0.1, 0.15) is 29.3 Å². The maximum absolute atomic E-state index is 12.6. The van der Waals surface area contributed by atoms with Crippen LogP contribution >= 0.6 is 0 Å². The summed E-state index contributed by atoms with van der Waals surface area (Å²) >= 11 is 0. The molecule has 0 aliphatic rings. The summed E-state index contributed by atoms with van der Waals surface area (Å²) in [5.41, 5.74) is -1.11. The summed E-state index contributed by atoms with van der Waals surface area (Å²) in [5, 5.41) is 2.91. The number of rotatable bonds is 5. The highest BCUT2D eigenvalue weighted by Crippen LogP contribution is 2.32. The molecule has 0 aliphatic carbocycles. The molecular weight excluding hydrogens is 231 g/mol. The molecule has 1 aromatic rings. The smallest absolute Gasteiger partial charge is 0.317 e. The molecule has 94 valence electrons. The van der Waals surface area contributed by atoms with Crippen molar-refractivity contribution < 1.29 is 18.0 Å². The molecule has 1 N–H and O–H groups in total. The van der Waals surface area contributed by atoms with E-state index in [1.165, 1.54) is 18.2 Å². The average molecular weight is 245 g/mol. The zero-order valence-electron chi connectivity index (χ0n) is 9.47. The van der Waals surface area contributed by atoms with Gasteiger partial charge >= 0.3 is 6.18 Å². The Morgan fingerprint density at radius 2 is 1.94 bits per heavy atom. The van der Waals surface area contributed by atoms with Gasteiger partial charge in [0.1, 0.15) is 0 Å². The van der Waals surface area contributed by atoms with Gasteiger partial charge in [0.2, 0.25) is 0 Å². The predicted octanol–water partition coefficient (Wildman–Crippen LogP) is 2.89. The van der Waals surface area contributed by atoms with Gasteiger partial charge in [-0.1, -0.05) is 25.1 Å². The highest BCUT2D eigenvalue weighted by molar-refractivity contribution is 5.97. The lowest BCUT2D eigenvalue weighted by atomic mass is 10.0. The van der Waals surface area contributed by atoms with Crippen LogP contribution in [-0.2, 0) is 6.18 Å². The van der Waals surface area contributed by atoms with E-state index in [-0.39, 0.29) is 12.0 Å². The molecule has 0 atom stereocenters. The zero-order valence-corrected chi connectivity index (χ0v) is 9.47. The van der Waals surface area contributed by atoms with Gasteiger partial charge in [-0.2, -0.15) is 13.2 Å². The van der Waals surface area contributed by atoms with Gasteiger partial charge in [-0.3, -0.25) is 4.79 Å². The van der Waals surface area contributed by atoms with Crippen LogP contribution in [0, 0.1) is 0 Å². The van der Waals surface area contributed by atoms with Crippen molar-refractivity contribution in [1.29, 1.82) is 0 Å². The van der Waals surface area contributed by atoms with E-state index in [4.69, 9.17) is 0 Å². The third kappa shape index (κ3) is 3.85. The van der Waals surface area contributed by atoms with Gasteiger partial charge in [0, 0.05) is 18.5 Å². The Labute approximate surface area is 97.8 Å². The van der Waals surface area contributed by atoms with E-state index >= 15 is 0 Å². The third-order valence-electron chi connectivity index (χ3n) is 2.31. The van der Waals surface area contributed by atoms with Gasteiger partial charge in [-0.05, 0) is 12.6 Å². The standard InChI is InChI=1S/C12H14F3NO/c1-2-16-8-7-11(17)9-5-3-4-6-10(9)12(13,14)15/h3-6,16H,2,7-8H2,1H3. The molecule has 17 heavy (non-hydrogen) atoms. The summed E-state index contributed by atoms with van der Waals surface area (Å²) in [4.78, 5) is 11.6. The van der Waals surface area contributed by atoms with E-state index < -0.39 is 17.5 Å². The van der Waals surface area contributed by atoms with E-state index in [0.29, 0.717) is 13.1 Å².